The summed E-state index contributed by atoms with van der Waals surface area (Å²) in [5, 5.41) is 3.14. The predicted octanol–water partition coefficient (Wildman–Crippen LogP) is 4.27. The third-order valence-electron chi connectivity index (χ3n) is 4.78. The molecule has 1 heterocycles. The van der Waals surface area contributed by atoms with Crippen molar-refractivity contribution >= 4 is 32.6 Å². The first-order chi connectivity index (χ1) is 11.9. The van der Waals surface area contributed by atoms with Gasteiger partial charge in [0.05, 0.1) is 4.70 Å². The number of thiazole rings is 1. The largest absolute Gasteiger partial charge is 0.309 e. The van der Waals surface area contributed by atoms with Crippen molar-refractivity contribution in [2.24, 2.45) is 11.8 Å². The van der Waals surface area contributed by atoms with Gasteiger partial charge in [-0.15, -0.1) is 0 Å². The van der Waals surface area contributed by atoms with Crippen molar-refractivity contribution in [3.63, 3.8) is 0 Å². The highest BCUT2D eigenvalue weighted by molar-refractivity contribution is 7.22. The number of benzene rings is 1. The van der Waals surface area contributed by atoms with E-state index < -0.39 is 11.6 Å². The van der Waals surface area contributed by atoms with Crippen molar-refractivity contribution in [3.8, 4) is 0 Å². The van der Waals surface area contributed by atoms with Crippen molar-refractivity contribution in [1.29, 1.82) is 0 Å². The van der Waals surface area contributed by atoms with Gasteiger partial charge in [0, 0.05) is 12.0 Å². The molecule has 2 aromatic rings. The molecule has 25 heavy (non-hydrogen) atoms. The summed E-state index contributed by atoms with van der Waals surface area (Å²) in [7, 11) is 4.12. The van der Waals surface area contributed by atoms with Crippen LogP contribution in [-0.4, -0.2) is 36.4 Å². The van der Waals surface area contributed by atoms with E-state index >= 15 is 0 Å². The van der Waals surface area contributed by atoms with Crippen LogP contribution >= 0.6 is 11.3 Å². The summed E-state index contributed by atoms with van der Waals surface area (Å²) in [6.45, 7) is 1.03. The molecule has 1 aromatic heterocycles. The Morgan fingerprint density at radius 2 is 2.16 bits per heavy atom. The number of carbonyl (C=O) groups excluding carboxylic acids is 1. The fourth-order valence-electron chi connectivity index (χ4n) is 3.45. The summed E-state index contributed by atoms with van der Waals surface area (Å²) in [5.74, 6) is -0.867. The van der Waals surface area contributed by atoms with Gasteiger partial charge in [-0.25, -0.2) is 13.8 Å². The van der Waals surface area contributed by atoms with Gasteiger partial charge in [-0.05, 0) is 51.9 Å². The average Bonchev–Trinajstić information content (AvgIpc) is 2.96. The molecule has 2 atom stereocenters. The maximum absolute atomic E-state index is 13.7. The van der Waals surface area contributed by atoms with Crippen LogP contribution in [0.3, 0.4) is 0 Å². The molecule has 0 bridgehead atoms. The summed E-state index contributed by atoms with van der Waals surface area (Å²) in [5.41, 5.74) is 0.106. The molecule has 1 aliphatic carbocycles. The Hall–Kier alpha value is -1.60. The van der Waals surface area contributed by atoms with Crippen LogP contribution < -0.4 is 5.32 Å². The Kier molecular flexibility index (Phi) is 5.64. The summed E-state index contributed by atoms with van der Waals surface area (Å²) in [6, 6.07) is 2.05. The maximum Gasteiger partial charge on any atom is 0.229 e. The van der Waals surface area contributed by atoms with E-state index in [0.29, 0.717) is 15.7 Å². The van der Waals surface area contributed by atoms with Crippen LogP contribution in [-0.2, 0) is 4.79 Å². The molecule has 0 spiro atoms. The molecular formula is C18H23F2N3OS. The smallest absolute Gasteiger partial charge is 0.229 e. The molecule has 0 aliphatic heterocycles. The minimum Gasteiger partial charge on any atom is -0.309 e. The Morgan fingerprint density at radius 3 is 2.92 bits per heavy atom. The minimum absolute atomic E-state index is 0.0329. The lowest BCUT2D eigenvalue weighted by atomic mass is 9.79. The van der Waals surface area contributed by atoms with Gasteiger partial charge in [-0.2, -0.15) is 0 Å². The number of aromatic nitrogens is 1. The molecular weight excluding hydrogens is 344 g/mol. The van der Waals surface area contributed by atoms with Crippen molar-refractivity contribution < 1.29 is 13.6 Å². The fourth-order valence-corrected chi connectivity index (χ4v) is 4.36. The zero-order valence-corrected chi connectivity index (χ0v) is 15.3. The van der Waals surface area contributed by atoms with Gasteiger partial charge in [-0.1, -0.05) is 24.2 Å². The van der Waals surface area contributed by atoms with Crippen LogP contribution in [0.5, 0.6) is 0 Å². The van der Waals surface area contributed by atoms with Crippen molar-refractivity contribution in [2.75, 3.05) is 26.0 Å². The SMILES string of the molecule is CN(C)CCC1CCCC(C(=O)Nc2nc3c(F)cc(F)cc3s2)C1. The van der Waals surface area contributed by atoms with Crippen molar-refractivity contribution in [1.82, 2.24) is 9.88 Å². The summed E-state index contributed by atoms with van der Waals surface area (Å²) in [4.78, 5) is 18.8. The highest BCUT2D eigenvalue weighted by Gasteiger charge is 2.27. The monoisotopic (exact) mass is 367 g/mol. The van der Waals surface area contributed by atoms with Gasteiger partial charge in [-0.3, -0.25) is 4.79 Å². The number of nitrogens with zero attached hydrogens (tertiary/aromatic N) is 2. The normalized spacial score (nSPS) is 21.0. The lowest BCUT2D eigenvalue weighted by molar-refractivity contribution is -0.121. The van der Waals surface area contributed by atoms with E-state index in [1.54, 1.807) is 0 Å². The molecule has 1 N–H and O–H groups in total. The predicted molar refractivity (Wildman–Crippen MR) is 96.8 cm³/mol. The fraction of sp³-hybridized carbons (Fsp3) is 0.556. The molecule has 136 valence electrons. The second-order valence-corrected chi connectivity index (χ2v) is 8.09. The number of carbonyl (C=O) groups is 1. The molecule has 1 aromatic carbocycles. The van der Waals surface area contributed by atoms with Crippen LogP contribution in [0.4, 0.5) is 13.9 Å². The zero-order chi connectivity index (χ0) is 18.0. The topological polar surface area (TPSA) is 45.2 Å². The summed E-state index contributed by atoms with van der Waals surface area (Å²) in [6.07, 6.45) is 5.08. The van der Waals surface area contributed by atoms with E-state index in [-0.39, 0.29) is 17.3 Å². The van der Waals surface area contributed by atoms with Gasteiger partial charge >= 0.3 is 0 Å². The number of anilines is 1. The van der Waals surface area contributed by atoms with Gasteiger partial charge in [0.15, 0.2) is 10.9 Å². The number of halogens is 2. The molecule has 2 unspecified atom stereocenters. The Bertz CT molecular complexity index is 762. The molecule has 7 heteroatoms. The van der Waals surface area contributed by atoms with E-state index in [9.17, 15) is 13.6 Å². The molecule has 1 fully saturated rings. The molecule has 1 aliphatic rings. The third kappa shape index (κ3) is 4.52. The quantitative estimate of drug-likeness (QED) is 0.858. The number of amides is 1. The Labute approximate surface area is 150 Å². The van der Waals surface area contributed by atoms with E-state index in [0.717, 1.165) is 49.6 Å². The minimum atomic E-state index is -0.701. The maximum atomic E-state index is 13.7. The molecule has 4 nitrogen and oxygen atoms in total. The summed E-state index contributed by atoms with van der Waals surface area (Å²) >= 11 is 1.10. The highest BCUT2D eigenvalue weighted by atomic mass is 32.1. The molecule has 1 saturated carbocycles. The van der Waals surface area contributed by atoms with E-state index in [1.165, 1.54) is 12.5 Å². The second-order valence-electron chi connectivity index (χ2n) is 7.06. The first kappa shape index (κ1) is 18.2. The number of fused-ring (bicyclic) bond motifs is 1. The van der Waals surface area contributed by atoms with Crippen molar-refractivity contribution in [2.45, 2.75) is 32.1 Å². The standard InChI is InChI=1S/C18H23F2N3OS/c1-23(2)7-6-11-4-3-5-12(8-11)17(24)22-18-21-16-14(20)9-13(19)10-15(16)25-18/h9-12H,3-8H2,1-2H3,(H,21,22,24). The van der Waals surface area contributed by atoms with Crippen LogP contribution in [0.1, 0.15) is 32.1 Å². The lowest BCUT2D eigenvalue weighted by Gasteiger charge is -2.28. The molecule has 0 radical (unpaired) electrons. The molecule has 3 rings (SSSR count). The van der Waals surface area contributed by atoms with E-state index in [1.807, 2.05) is 0 Å². The van der Waals surface area contributed by atoms with Gasteiger partial charge in [0.1, 0.15) is 11.3 Å². The second kappa shape index (κ2) is 7.74. The molecule has 0 saturated heterocycles. The zero-order valence-electron chi connectivity index (χ0n) is 14.5. The number of rotatable bonds is 5. The van der Waals surface area contributed by atoms with Crippen LogP contribution in [0.15, 0.2) is 12.1 Å². The average molecular weight is 367 g/mol. The van der Waals surface area contributed by atoms with Crippen LogP contribution in [0.25, 0.3) is 10.2 Å². The first-order valence-electron chi connectivity index (χ1n) is 8.63. The lowest BCUT2D eigenvalue weighted by Crippen LogP contribution is -2.29. The van der Waals surface area contributed by atoms with E-state index in [4.69, 9.17) is 0 Å². The van der Waals surface area contributed by atoms with Crippen LogP contribution in [0.2, 0.25) is 0 Å². The number of hydrogen-bond acceptors (Lipinski definition) is 4. The molecule has 1 amide bonds. The van der Waals surface area contributed by atoms with Gasteiger partial charge in [0.25, 0.3) is 0 Å². The van der Waals surface area contributed by atoms with Gasteiger partial charge < -0.3 is 10.2 Å². The summed E-state index contributed by atoms with van der Waals surface area (Å²) < 4.78 is 27.4. The highest BCUT2D eigenvalue weighted by Crippen LogP contribution is 2.33. The van der Waals surface area contributed by atoms with Crippen LogP contribution in [0, 0.1) is 23.5 Å². The Morgan fingerprint density at radius 1 is 1.36 bits per heavy atom. The number of hydrogen-bond donors (Lipinski definition) is 1. The van der Waals surface area contributed by atoms with Gasteiger partial charge in [0.2, 0.25) is 5.91 Å². The Balaban J connectivity index is 1.64. The van der Waals surface area contributed by atoms with Crippen molar-refractivity contribution in [3.05, 3.63) is 23.8 Å². The van der Waals surface area contributed by atoms with E-state index in [2.05, 4.69) is 29.3 Å². The first-order valence-corrected chi connectivity index (χ1v) is 9.45. The third-order valence-corrected chi connectivity index (χ3v) is 5.70. The number of nitrogens with one attached hydrogen (secondary N) is 1.